The highest BCUT2D eigenvalue weighted by Gasteiger charge is 2.11. The van der Waals surface area contributed by atoms with Crippen LogP contribution in [0.2, 0.25) is 5.02 Å². The second-order valence-corrected chi connectivity index (χ2v) is 6.89. The van der Waals surface area contributed by atoms with Crippen molar-refractivity contribution in [2.75, 3.05) is 12.4 Å². The molecule has 0 saturated carbocycles. The minimum Gasteiger partial charge on any atom is -0.494 e. The fraction of sp³-hybridized carbons (Fsp3) is 0.211. The molecule has 1 amide bonds. The number of nitrogens with zero attached hydrogens (tertiary/aromatic N) is 2. The Kier molecular flexibility index (Phi) is 6.73. The molecule has 2 aromatic carbocycles. The largest absolute Gasteiger partial charge is 0.494 e. The topological polar surface area (TPSA) is 77.2 Å². The van der Waals surface area contributed by atoms with E-state index >= 15 is 0 Å². The molecule has 3 rings (SSSR count). The quantitative estimate of drug-likeness (QED) is 0.568. The van der Waals surface area contributed by atoms with Gasteiger partial charge in [0, 0.05) is 17.1 Å². The minimum absolute atomic E-state index is 0.124. The van der Waals surface area contributed by atoms with Crippen LogP contribution in [-0.4, -0.2) is 28.5 Å². The lowest BCUT2D eigenvalue weighted by Crippen LogP contribution is -2.24. The van der Waals surface area contributed by atoms with Crippen molar-refractivity contribution in [2.24, 2.45) is 0 Å². The van der Waals surface area contributed by atoms with Crippen LogP contribution >= 0.6 is 23.4 Å². The van der Waals surface area contributed by atoms with E-state index in [2.05, 4.69) is 15.5 Å². The Bertz CT molecular complexity index is 899. The molecule has 0 atom stereocenters. The molecule has 8 heteroatoms. The zero-order valence-electron chi connectivity index (χ0n) is 14.6. The van der Waals surface area contributed by atoms with Crippen LogP contribution in [0.4, 0.5) is 0 Å². The van der Waals surface area contributed by atoms with Crippen LogP contribution < -0.4 is 10.1 Å². The third kappa shape index (κ3) is 5.74. The fourth-order valence-electron chi connectivity index (χ4n) is 2.27. The van der Waals surface area contributed by atoms with Gasteiger partial charge < -0.3 is 14.5 Å². The Morgan fingerprint density at radius 2 is 2.04 bits per heavy atom. The molecule has 0 unspecified atom stereocenters. The molecule has 3 aromatic rings. The summed E-state index contributed by atoms with van der Waals surface area (Å²) in [7, 11) is 0. The van der Waals surface area contributed by atoms with Crippen molar-refractivity contribution in [3.63, 3.8) is 0 Å². The smallest absolute Gasteiger partial charge is 0.277 e. The van der Waals surface area contributed by atoms with Gasteiger partial charge in [0.2, 0.25) is 11.8 Å². The van der Waals surface area contributed by atoms with Gasteiger partial charge >= 0.3 is 0 Å². The predicted octanol–water partition coefficient (Wildman–Crippen LogP) is 4.20. The van der Waals surface area contributed by atoms with Gasteiger partial charge in [-0.15, -0.1) is 10.2 Å². The lowest BCUT2D eigenvalue weighted by atomic mass is 10.2. The zero-order chi connectivity index (χ0) is 19.1. The molecular weight excluding hydrogens is 386 g/mol. The first-order valence-corrected chi connectivity index (χ1v) is 9.71. The highest BCUT2D eigenvalue weighted by atomic mass is 35.5. The maximum atomic E-state index is 12.0. The van der Waals surface area contributed by atoms with Crippen LogP contribution in [0.15, 0.2) is 58.2 Å². The molecule has 0 aliphatic heterocycles. The fourth-order valence-corrected chi connectivity index (χ4v) is 3.08. The highest BCUT2D eigenvalue weighted by Crippen LogP contribution is 2.24. The van der Waals surface area contributed by atoms with Crippen LogP contribution in [-0.2, 0) is 11.3 Å². The number of rotatable bonds is 8. The second-order valence-electron chi connectivity index (χ2n) is 5.53. The van der Waals surface area contributed by atoms with Crippen molar-refractivity contribution in [3.8, 4) is 17.2 Å². The van der Waals surface area contributed by atoms with Gasteiger partial charge in [0.1, 0.15) is 5.75 Å². The monoisotopic (exact) mass is 403 g/mol. The van der Waals surface area contributed by atoms with E-state index in [9.17, 15) is 4.79 Å². The van der Waals surface area contributed by atoms with Gasteiger partial charge in [0.15, 0.2) is 0 Å². The van der Waals surface area contributed by atoms with Gasteiger partial charge in [-0.25, -0.2) is 0 Å². The molecule has 1 aromatic heterocycles. The molecule has 0 saturated heterocycles. The first kappa shape index (κ1) is 19.3. The molecule has 0 bridgehead atoms. The standard InChI is InChI=1S/C19H18ClN3O3S/c1-2-25-16-8-6-14(7-9-16)18-22-23-19(26-18)27-12-17(24)21-11-13-4-3-5-15(20)10-13/h3-10H,2,11-12H2,1H3,(H,21,24). The molecule has 140 valence electrons. The summed E-state index contributed by atoms with van der Waals surface area (Å²) >= 11 is 7.12. The number of aromatic nitrogens is 2. The van der Waals surface area contributed by atoms with Crippen molar-refractivity contribution >= 4 is 29.3 Å². The van der Waals surface area contributed by atoms with Gasteiger partial charge in [0.05, 0.1) is 12.4 Å². The molecular formula is C19H18ClN3O3S. The van der Waals surface area contributed by atoms with E-state index in [1.165, 1.54) is 11.8 Å². The molecule has 0 fully saturated rings. The predicted molar refractivity (Wildman–Crippen MR) is 105 cm³/mol. The molecule has 1 N–H and O–H groups in total. The Hall–Kier alpha value is -2.51. The van der Waals surface area contributed by atoms with Crippen molar-refractivity contribution in [1.29, 1.82) is 0 Å². The number of thioether (sulfide) groups is 1. The number of hydrogen-bond acceptors (Lipinski definition) is 6. The van der Waals surface area contributed by atoms with Gasteiger partial charge in [-0.05, 0) is 48.9 Å². The summed E-state index contributed by atoms with van der Waals surface area (Å²) in [4.78, 5) is 12.0. The molecule has 27 heavy (non-hydrogen) atoms. The first-order chi connectivity index (χ1) is 13.1. The molecule has 0 radical (unpaired) electrons. The molecule has 0 aliphatic rings. The van der Waals surface area contributed by atoms with Crippen LogP contribution in [0.3, 0.4) is 0 Å². The highest BCUT2D eigenvalue weighted by molar-refractivity contribution is 7.99. The minimum atomic E-state index is -0.124. The third-order valence-corrected chi connectivity index (χ3v) is 4.58. The SMILES string of the molecule is CCOc1ccc(-c2nnc(SCC(=O)NCc3cccc(Cl)c3)o2)cc1. The summed E-state index contributed by atoms with van der Waals surface area (Å²) < 4.78 is 11.0. The number of ether oxygens (including phenoxy) is 1. The summed E-state index contributed by atoms with van der Waals surface area (Å²) in [5.74, 6) is 1.25. The average Bonchev–Trinajstić information content (AvgIpc) is 3.15. The summed E-state index contributed by atoms with van der Waals surface area (Å²) in [6, 6.07) is 14.8. The van der Waals surface area contributed by atoms with Gasteiger partial charge in [-0.1, -0.05) is 35.5 Å². The van der Waals surface area contributed by atoms with Crippen LogP contribution in [0.5, 0.6) is 5.75 Å². The van der Waals surface area contributed by atoms with E-state index in [-0.39, 0.29) is 11.7 Å². The van der Waals surface area contributed by atoms with Gasteiger partial charge in [-0.2, -0.15) is 0 Å². The molecule has 0 aliphatic carbocycles. The lowest BCUT2D eigenvalue weighted by Gasteiger charge is -2.04. The second kappa shape index (κ2) is 9.43. The maximum Gasteiger partial charge on any atom is 0.277 e. The summed E-state index contributed by atoms with van der Waals surface area (Å²) in [6.07, 6.45) is 0. The van der Waals surface area contributed by atoms with E-state index < -0.39 is 0 Å². The van der Waals surface area contributed by atoms with E-state index in [1.54, 1.807) is 6.07 Å². The van der Waals surface area contributed by atoms with Crippen LogP contribution in [0, 0.1) is 0 Å². The first-order valence-electron chi connectivity index (χ1n) is 8.34. The molecule has 0 spiro atoms. The van der Waals surface area contributed by atoms with E-state index in [0.717, 1.165) is 16.9 Å². The number of hydrogen-bond donors (Lipinski definition) is 1. The van der Waals surface area contributed by atoms with Gasteiger partial charge in [-0.3, -0.25) is 4.79 Å². The maximum absolute atomic E-state index is 12.0. The number of nitrogens with one attached hydrogen (secondary N) is 1. The van der Waals surface area contributed by atoms with Gasteiger partial charge in [0.25, 0.3) is 5.22 Å². The zero-order valence-corrected chi connectivity index (χ0v) is 16.2. The van der Waals surface area contributed by atoms with Crippen LogP contribution in [0.1, 0.15) is 12.5 Å². The van der Waals surface area contributed by atoms with E-state index in [1.807, 2.05) is 49.4 Å². The lowest BCUT2D eigenvalue weighted by molar-refractivity contribution is -0.118. The number of halogens is 1. The summed E-state index contributed by atoms with van der Waals surface area (Å²) in [5.41, 5.74) is 1.74. The van der Waals surface area contributed by atoms with E-state index in [0.29, 0.717) is 29.3 Å². The summed E-state index contributed by atoms with van der Waals surface area (Å²) in [5, 5.41) is 11.8. The molecule has 1 heterocycles. The van der Waals surface area contributed by atoms with Crippen molar-refractivity contribution in [1.82, 2.24) is 15.5 Å². The Morgan fingerprint density at radius 1 is 1.22 bits per heavy atom. The van der Waals surface area contributed by atoms with E-state index in [4.69, 9.17) is 20.8 Å². The Balaban J connectivity index is 1.49. The number of carbonyl (C=O) groups is 1. The molecule has 6 nitrogen and oxygen atoms in total. The number of carbonyl (C=O) groups excluding carboxylic acids is 1. The van der Waals surface area contributed by atoms with Crippen molar-refractivity contribution in [3.05, 3.63) is 59.1 Å². The van der Waals surface area contributed by atoms with Crippen molar-refractivity contribution < 1.29 is 13.9 Å². The summed E-state index contributed by atoms with van der Waals surface area (Å²) in [6.45, 7) is 2.96. The van der Waals surface area contributed by atoms with Crippen molar-refractivity contribution in [2.45, 2.75) is 18.7 Å². The Labute approximate surface area is 166 Å². The third-order valence-electron chi connectivity index (χ3n) is 3.52. The number of amides is 1. The van der Waals surface area contributed by atoms with Crippen LogP contribution in [0.25, 0.3) is 11.5 Å². The normalized spacial score (nSPS) is 10.6. The Morgan fingerprint density at radius 3 is 2.78 bits per heavy atom. The average molecular weight is 404 g/mol. The number of benzene rings is 2.